The molecule has 0 aromatic heterocycles. The van der Waals surface area contributed by atoms with E-state index >= 15 is 0 Å². The van der Waals surface area contributed by atoms with E-state index in [0.29, 0.717) is 11.4 Å². The number of amides is 2. The zero-order chi connectivity index (χ0) is 25.3. The molecular weight excluding hydrogens is 436 g/mol. The van der Waals surface area contributed by atoms with Crippen LogP contribution in [0.2, 0.25) is 0 Å². The van der Waals surface area contributed by atoms with E-state index in [-0.39, 0.29) is 5.41 Å². The molecule has 0 saturated carbocycles. The topological polar surface area (TPSA) is 133 Å². The van der Waals surface area contributed by atoms with Gasteiger partial charge in [0.15, 0.2) is 0 Å². The summed E-state index contributed by atoms with van der Waals surface area (Å²) in [5.41, 5.74) is 3.76. The highest BCUT2D eigenvalue weighted by atomic mass is 16.4. The van der Waals surface area contributed by atoms with Gasteiger partial charge >= 0.3 is 11.9 Å². The van der Waals surface area contributed by atoms with Crippen molar-refractivity contribution >= 4 is 40.7 Å². The first-order valence-electron chi connectivity index (χ1n) is 10.3. The molecule has 0 spiro atoms. The number of aliphatic carboxylic acids is 2. The molecular formula is C26H26N2O6. The van der Waals surface area contributed by atoms with Gasteiger partial charge in [0.2, 0.25) is 11.8 Å². The van der Waals surface area contributed by atoms with Crippen LogP contribution in [0.1, 0.15) is 31.9 Å². The van der Waals surface area contributed by atoms with E-state index in [9.17, 15) is 19.2 Å². The van der Waals surface area contributed by atoms with Crippen LogP contribution in [-0.4, -0.2) is 34.0 Å². The second-order valence-corrected chi connectivity index (χ2v) is 8.03. The third-order valence-corrected chi connectivity index (χ3v) is 4.84. The molecule has 0 radical (unpaired) electrons. The Morgan fingerprint density at radius 3 is 1.53 bits per heavy atom. The molecule has 0 fully saturated rings. The molecule has 0 unspecified atom stereocenters. The molecule has 176 valence electrons. The van der Waals surface area contributed by atoms with Gasteiger partial charge < -0.3 is 20.8 Å². The maximum atomic E-state index is 11.7. The van der Waals surface area contributed by atoms with Crippen LogP contribution in [-0.2, 0) is 24.6 Å². The van der Waals surface area contributed by atoms with Gasteiger partial charge in [0.1, 0.15) is 0 Å². The Kier molecular flexibility index (Phi) is 8.66. The number of carboxylic acid groups (broad SMARTS) is 2. The van der Waals surface area contributed by atoms with Gasteiger partial charge in [0, 0.05) is 41.1 Å². The number of rotatable bonds is 9. The summed E-state index contributed by atoms with van der Waals surface area (Å²) < 4.78 is 0. The lowest BCUT2D eigenvalue weighted by molar-refractivity contribution is -0.132. The van der Waals surface area contributed by atoms with Crippen LogP contribution in [0, 0.1) is 0 Å². The van der Waals surface area contributed by atoms with Crippen molar-refractivity contribution in [2.45, 2.75) is 26.2 Å². The van der Waals surface area contributed by atoms with Gasteiger partial charge in [-0.05, 0) is 47.9 Å². The Labute approximate surface area is 197 Å². The number of allylic oxidation sites excluding steroid dienone is 2. The van der Waals surface area contributed by atoms with E-state index in [0.717, 1.165) is 41.0 Å². The van der Waals surface area contributed by atoms with Crippen molar-refractivity contribution in [3.63, 3.8) is 0 Å². The fourth-order valence-electron chi connectivity index (χ4n) is 3.17. The number of nitrogens with one attached hydrogen (secondary N) is 2. The van der Waals surface area contributed by atoms with Crippen molar-refractivity contribution in [3.05, 3.63) is 90.0 Å². The Morgan fingerprint density at radius 2 is 1.12 bits per heavy atom. The standard InChI is InChI=1S/C26H26N2O6/c1-17(18-4-8-20(9-5-18)27-22(29)12-14-24(31)32)16-26(2,3)19-6-10-21(11-7-19)28-23(30)13-15-25(33)34/h4-16H,1-3H3,(H,27,29)(H,28,30)(H,31,32)(H,33,34)/b14-12-,15-13-,17-16?. The summed E-state index contributed by atoms with van der Waals surface area (Å²) in [6.45, 7) is 6.10. The maximum absolute atomic E-state index is 11.7. The number of carboxylic acids is 2. The van der Waals surface area contributed by atoms with E-state index in [1.54, 1.807) is 24.3 Å². The van der Waals surface area contributed by atoms with Gasteiger partial charge in [-0.2, -0.15) is 0 Å². The van der Waals surface area contributed by atoms with Crippen LogP contribution in [0.15, 0.2) is 78.9 Å². The minimum atomic E-state index is -1.19. The molecule has 0 aliphatic carbocycles. The second-order valence-electron chi connectivity index (χ2n) is 8.03. The van der Waals surface area contributed by atoms with Gasteiger partial charge in [-0.3, -0.25) is 9.59 Å². The lowest BCUT2D eigenvalue weighted by Crippen LogP contribution is -2.15. The third-order valence-electron chi connectivity index (χ3n) is 4.84. The number of hydrogen-bond acceptors (Lipinski definition) is 4. The lowest BCUT2D eigenvalue weighted by atomic mass is 9.82. The van der Waals surface area contributed by atoms with Gasteiger partial charge in [-0.15, -0.1) is 0 Å². The van der Waals surface area contributed by atoms with E-state index in [4.69, 9.17) is 10.2 Å². The lowest BCUT2D eigenvalue weighted by Gasteiger charge is -2.23. The predicted octanol–water partition coefficient (Wildman–Crippen LogP) is 4.23. The van der Waals surface area contributed by atoms with Gasteiger partial charge in [0.25, 0.3) is 0 Å². The Morgan fingerprint density at radius 1 is 0.706 bits per heavy atom. The summed E-state index contributed by atoms with van der Waals surface area (Å²) in [6.07, 6.45) is 5.56. The minimum Gasteiger partial charge on any atom is -0.478 e. The Balaban J connectivity index is 2.08. The molecule has 0 aliphatic rings. The van der Waals surface area contributed by atoms with Crippen molar-refractivity contribution in [2.75, 3.05) is 10.6 Å². The van der Waals surface area contributed by atoms with Crippen molar-refractivity contribution in [3.8, 4) is 0 Å². The number of hydrogen-bond donors (Lipinski definition) is 4. The van der Waals surface area contributed by atoms with Gasteiger partial charge in [0.05, 0.1) is 0 Å². The first kappa shape index (κ1) is 25.8. The first-order chi connectivity index (χ1) is 16.0. The van der Waals surface area contributed by atoms with Crippen LogP contribution >= 0.6 is 0 Å². The fourth-order valence-corrected chi connectivity index (χ4v) is 3.17. The molecule has 2 amide bonds. The van der Waals surface area contributed by atoms with E-state index < -0.39 is 23.8 Å². The van der Waals surface area contributed by atoms with Crippen molar-refractivity contribution in [1.29, 1.82) is 0 Å². The van der Waals surface area contributed by atoms with Crippen molar-refractivity contribution in [2.24, 2.45) is 0 Å². The Hall–Kier alpha value is -4.46. The Bertz CT molecular complexity index is 1160. The molecule has 2 rings (SSSR count). The van der Waals surface area contributed by atoms with Crippen LogP contribution in [0.5, 0.6) is 0 Å². The van der Waals surface area contributed by atoms with Crippen LogP contribution in [0.4, 0.5) is 11.4 Å². The SMILES string of the molecule is CC(=CC(C)(C)c1ccc(NC(=O)/C=C\C(=O)O)cc1)c1ccc(NC(=O)/C=C\C(=O)O)cc1. The molecule has 0 heterocycles. The van der Waals surface area contributed by atoms with Crippen LogP contribution in [0.25, 0.3) is 5.57 Å². The zero-order valence-corrected chi connectivity index (χ0v) is 19.0. The second kappa shape index (κ2) is 11.4. The number of carbonyl (C=O) groups excluding carboxylic acids is 2. The molecule has 34 heavy (non-hydrogen) atoms. The molecule has 2 aromatic rings. The monoisotopic (exact) mass is 462 g/mol. The first-order valence-corrected chi connectivity index (χ1v) is 10.3. The van der Waals surface area contributed by atoms with Crippen LogP contribution in [0.3, 0.4) is 0 Å². The average Bonchev–Trinajstić information content (AvgIpc) is 2.77. The molecule has 0 aliphatic heterocycles. The molecule has 0 bridgehead atoms. The largest absolute Gasteiger partial charge is 0.478 e. The average molecular weight is 463 g/mol. The highest BCUT2D eigenvalue weighted by molar-refractivity contribution is 6.03. The molecule has 0 saturated heterocycles. The van der Waals surface area contributed by atoms with E-state index in [1.165, 1.54) is 0 Å². The minimum absolute atomic E-state index is 0.329. The molecule has 0 atom stereocenters. The third kappa shape index (κ3) is 8.23. The molecule has 4 N–H and O–H groups in total. The number of carbonyl (C=O) groups is 4. The number of anilines is 2. The van der Waals surface area contributed by atoms with Gasteiger partial charge in [-0.1, -0.05) is 44.2 Å². The summed E-state index contributed by atoms with van der Waals surface area (Å²) in [7, 11) is 0. The quantitative estimate of drug-likeness (QED) is 0.412. The summed E-state index contributed by atoms with van der Waals surface area (Å²) >= 11 is 0. The molecule has 8 nitrogen and oxygen atoms in total. The van der Waals surface area contributed by atoms with Gasteiger partial charge in [-0.25, -0.2) is 9.59 Å². The summed E-state index contributed by atoms with van der Waals surface area (Å²) in [5.74, 6) is -3.44. The number of benzene rings is 2. The summed E-state index contributed by atoms with van der Waals surface area (Å²) in [4.78, 5) is 44.4. The molecule has 2 aromatic carbocycles. The molecule has 8 heteroatoms. The van der Waals surface area contributed by atoms with Crippen molar-refractivity contribution < 1.29 is 29.4 Å². The fraction of sp³-hybridized carbons (Fsp3) is 0.154. The van der Waals surface area contributed by atoms with Crippen LogP contribution < -0.4 is 10.6 Å². The maximum Gasteiger partial charge on any atom is 0.328 e. The highest BCUT2D eigenvalue weighted by Crippen LogP contribution is 2.30. The predicted molar refractivity (Wildman–Crippen MR) is 130 cm³/mol. The summed E-state index contributed by atoms with van der Waals surface area (Å²) in [6, 6.07) is 14.5. The normalized spacial score (nSPS) is 12.0. The highest BCUT2D eigenvalue weighted by Gasteiger charge is 2.18. The van der Waals surface area contributed by atoms with E-state index in [2.05, 4.69) is 30.6 Å². The summed E-state index contributed by atoms with van der Waals surface area (Å²) in [5, 5.41) is 22.4. The smallest absolute Gasteiger partial charge is 0.328 e. The van der Waals surface area contributed by atoms with E-state index in [1.807, 2.05) is 31.2 Å². The van der Waals surface area contributed by atoms with Crippen molar-refractivity contribution in [1.82, 2.24) is 0 Å². The zero-order valence-electron chi connectivity index (χ0n) is 19.0.